The third kappa shape index (κ3) is 2.93. The van der Waals surface area contributed by atoms with E-state index in [0.717, 1.165) is 26.6 Å². The van der Waals surface area contributed by atoms with Gasteiger partial charge in [0.1, 0.15) is 9.86 Å². The summed E-state index contributed by atoms with van der Waals surface area (Å²) in [5, 5.41) is 2.93. The Morgan fingerprint density at radius 1 is 1.20 bits per heavy atom. The number of thiophene rings is 1. The fourth-order valence-electron chi connectivity index (χ4n) is 1.81. The standard InChI is InChI=1S/C14H10Cl2N2S2/c1-2-9-7-11-12(19-9)17-14(16)18-13(11)20-10-5-3-4-8(15)6-10/h3-7H,2H2,1H3. The molecule has 3 aromatic rings. The monoisotopic (exact) mass is 340 g/mol. The lowest BCUT2D eigenvalue weighted by atomic mass is 10.3. The maximum Gasteiger partial charge on any atom is 0.224 e. The molecule has 0 saturated carbocycles. The van der Waals surface area contributed by atoms with E-state index in [-0.39, 0.29) is 5.28 Å². The molecule has 0 aliphatic carbocycles. The van der Waals surface area contributed by atoms with E-state index < -0.39 is 0 Å². The second-order valence-corrected chi connectivity index (χ2v) is 7.09. The first-order valence-electron chi connectivity index (χ1n) is 6.05. The van der Waals surface area contributed by atoms with Crippen LogP contribution in [0.3, 0.4) is 0 Å². The molecule has 0 fully saturated rings. The normalized spacial score (nSPS) is 11.2. The highest BCUT2D eigenvalue weighted by molar-refractivity contribution is 7.99. The Balaban J connectivity index is 2.08. The van der Waals surface area contributed by atoms with Crippen molar-refractivity contribution in [3.05, 3.63) is 45.5 Å². The lowest BCUT2D eigenvalue weighted by molar-refractivity contribution is 1.11. The van der Waals surface area contributed by atoms with Crippen molar-refractivity contribution >= 4 is 56.5 Å². The fourth-order valence-corrected chi connectivity index (χ4v) is 4.32. The second kappa shape index (κ2) is 5.90. The summed E-state index contributed by atoms with van der Waals surface area (Å²) in [5.74, 6) is 0. The van der Waals surface area contributed by atoms with Gasteiger partial charge in [0.15, 0.2) is 0 Å². The highest BCUT2D eigenvalue weighted by Crippen LogP contribution is 2.36. The first kappa shape index (κ1) is 14.1. The molecule has 0 aliphatic heterocycles. The van der Waals surface area contributed by atoms with Gasteiger partial charge in [-0.15, -0.1) is 11.3 Å². The Hall–Kier alpha value is -0.810. The van der Waals surface area contributed by atoms with E-state index in [1.165, 1.54) is 4.88 Å². The Morgan fingerprint density at radius 2 is 2.05 bits per heavy atom. The van der Waals surface area contributed by atoms with Crippen LogP contribution in [-0.4, -0.2) is 9.97 Å². The molecule has 2 heterocycles. The lowest BCUT2D eigenvalue weighted by Crippen LogP contribution is -1.86. The molecule has 0 atom stereocenters. The van der Waals surface area contributed by atoms with Gasteiger partial charge in [0.05, 0.1) is 0 Å². The molecule has 0 N–H and O–H groups in total. The first-order chi connectivity index (χ1) is 9.65. The quantitative estimate of drug-likeness (QED) is 0.451. The minimum Gasteiger partial charge on any atom is -0.210 e. The summed E-state index contributed by atoms with van der Waals surface area (Å²) < 4.78 is 0. The molecule has 102 valence electrons. The van der Waals surface area contributed by atoms with Gasteiger partial charge < -0.3 is 0 Å². The zero-order valence-electron chi connectivity index (χ0n) is 10.6. The molecule has 0 aliphatic rings. The molecule has 6 heteroatoms. The van der Waals surface area contributed by atoms with Gasteiger partial charge in [0, 0.05) is 20.2 Å². The van der Waals surface area contributed by atoms with Gasteiger partial charge in [-0.05, 0) is 42.3 Å². The van der Waals surface area contributed by atoms with Crippen molar-refractivity contribution in [3.63, 3.8) is 0 Å². The van der Waals surface area contributed by atoms with Gasteiger partial charge in [-0.25, -0.2) is 9.97 Å². The zero-order chi connectivity index (χ0) is 14.1. The number of halogens is 2. The molecular weight excluding hydrogens is 331 g/mol. The van der Waals surface area contributed by atoms with E-state index in [2.05, 4.69) is 23.0 Å². The Kier molecular flexibility index (Phi) is 4.17. The van der Waals surface area contributed by atoms with Crippen LogP contribution in [0.5, 0.6) is 0 Å². The van der Waals surface area contributed by atoms with Crippen LogP contribution in [0.15, 0.2) is 40.3 Å². The molecule has 0 saturated heterocycles. The smallest absolute Gasteiger partial charge is 0.210 e. The van der Waals surface area contributed by atoms with Crippen molar-refractivity contribution in [3.8, 4) is 0 Å². The maximum atomic E-state index is 6.02. The molecule has 0 radical (unpaired) electrons. The summed E-state index contributed by atoms with van der Waals surface area (Å²) in [7, 11) is 0. The maximum absolute atomic E-state index is 6.02. The fraction of sp³-hybridized carbons (Fsp3) is 0.143. The first-order valence-corrected chi connectivity index (χ1v) is 8.44. The highest BCUT2D eigenvalue weighted by Gasteiger charge is 2.12. The van der Waals surface area contributed by atoms with Crippen LogP contribution in [-0.2, 0) is 6.42 Å². The van der Waals surface area contributed by atoms with Gasteiger partial charge in [0.2, 0.25) is 5.28 Å². The van der Waals surface area contributed by atoms with Crippen molar-refractivity contribution in [2.75, 3.05) is 0 Å². The molecule has 0 unspecified atom stereocenters. The Bertz CT molecular complexity index is 771. The van der Waals surface area contributed by atoms with Crippen molar-refractivity contribution in [1.29, 1.82) is 0 Å². The van der Waals surface area contributed by atoms with Crippen LogP contribution in [0.1, 0.15) is 11.8 Å². The van der Waals surface area contributed by atoms with Crippen LogP contribution in [0.2, 0.25) is 10.3 Å². The van der Waals surface area contributed by atoms with E-state index in [0.29, 0.717) is 5.02 Å². The van der Waals surface area contributed by atoms with Gasteiger partial charge in [-0.3, -0.25) is 0 Å². The van der Waals surface area contributed by atoms with Crippen LogP contribution < -0.4 is 0 Å². The number of hydrogen-bond donors (Lipinski definition) is 0. The van der Waals surface area contributed by atoms with E-state index in [1.807, 2.05) is 24.3 Å². The van der Waals surface area contributed by atoms with E-state index >= 15 is 0 Å². The van der Waals surface area contributed by atoms with Crippen molar-refractivity contribution < 1.29 is 0 Å². The summed E-state index contributed by atoms with van der Waals surface area (Å²) in [6, 6.07) is 9.85. The van der Waals surface area contributed by atoms with Gasteiger partial charge >= 0.3 is 0 Å². The number of fused-ring (bicyclic) bond motifs is 1. The SMILES string of the molecule is CCc1cc2c(Sc3cccc(Cl)c3)nc(Cl)nc2s1. The number of benzene rings is 1. The lowest BCUT2D eigenvalue weighted by Gasteiger charge is -2.03. The number of nitrogens with zero attached hydrogens (tertiary/aromatic N) is 2. The topological polar surface area (TPSA) is 25.8 Å². The molecule has 0 amide bonds. The highest BCUT2D eigenvalue weighted by atomic mass is 35.5. The summed E-state index contributed by atoms with van der Waals surface area (Å²) in [4.78, 5) is 11.9. The average Bonchev–Trinajstić information content (AvgIpc) is 2.82. The minimum absolute atomic E-state index is 0.284. The molecule has 2 aromatic heterocycles. The van der Waals surface area contributed by atoms with Crippen LogP contribution >= 0.6 is 46.3 Å². The minimum atomic E-state index is 0.284. The molecule has 1 aromatic carbocycles. The molecule has 0 spiro atoms. The third-order valence-corrected chi connectivity index (χ3v) is 5.31. The molecular formula is C14H10Cl2N2S2. The van der Waals surface area contributed by atoms with Crippen LogP contribution in [0.4, 0.5) is 0 Å². The van der Waals surface area contributed by atoms with Crippen molar-refractivity contribution in [2.24, 2.45) is 0 Å². The third-order valence-electron chi connectivity index (χ3n) is 2.74. The Labute approximate surface area is 135 Å². The summed E-state index contributed by atoms with van der Waals surface area (Å²) >= 11 is 15.3. The van der Waals surface area contributed by atoms with E-state index in [4.69, 9.17) is 23.2 Å². The van der Waals surface area contributed by atoms with Gasteiger partial charge in [-0.1, -0.05) is 36.4 Å². The summed E-state index contributed by atoms with van der Waals surface area (Å²) in [6.07, 6.45) is 0.986. The average molecular weight is 341 g/mol. The zero-order valence-corrected chi connectivity index (χ0v) is 13.7. The number of aromatic nitrogens is 2. The molecule has 0 bridgehead atoms. The van der Waals surface area contributed by atoms with Crippen molar-refractivity contribution in [1.82, 2.24) is 9.97 Å². The predicted octanol–water partition coefficient (Wildman–Crippen LogP) is 5.71. The summed E-state index contributed by atoms with van der Waals surface area (Å²) in [5.41, 5.74) is 0. The number of rotatable bonds is 3. The van der Waals surface area contributed by atoms with Gasteiger partial charge in [0.25, 0.3) is 0 Å². The molecule has 20 heavy (non-hydrogen) atoms. The predicted molar refractivity (Wildman–Crippen MR) is 87.4 cm³/mol. The van der Waals surface area contributed by atoms with Crippen LogP contribution in [0.25, 0.3) is 10.2 Å². The number of hydrogen-bond acceptors (Lipinski definition) is 4. The van der Waals surface area contributed by atoms with Crippen molar-refractivity contribution in [2.45, 2.75) is 23.3 Å². The second-order valence-electron chi connectivity index (χ2n) is 4.14. The Morgan fingerprint density at radius 3 is 2.80 bits per heavy atom. The largest absolute Gasteiger partial charge is 0.224 e. The van der Waals surface area contributed by atoms with E-state index in [1.54, 1.807) is 23.1 Å². The molecule has 2 nitrogen and oxygen atoms in total. The van der Waals surface area contributed by atoms with Crippen LogP contribution in [0, 0.1) is 0 Å². The molecule has 3 rings (SSSR count). The summed E-state index contributed by atoms with van der Waals surface area (Å²) in [6.45, 7) is 2.13. The number of aryl methyl sites for hydroxylation is 1. The van der Waals surface area contributed by atoms with Gasteiger partial charge in [-0.2, -0.15) is 0 Å². The van der Waals surface area contributed by atoms with E-state index in [9.17, 15) is 0 Å².